The number of anilines is 2. The number of carbonyl (C=O) groups excluding carboxylic acids is 2. The minimum atomic E-state index is -2.63. The third-order valence-corrected chi connectivity index (χ3v) is 8.70. The minimum absolute atomic E-state index is 0.0170. The van der Waals surface area contributed by atoms with Crippen LogP contribution in [0.5, 0.6) is 5.75 Å². The molecule has 1 aromatic carbocycles. The zero-order valence-corrected chi connectivity index (χ0v) is 27.3. The van der Waals surface area contributed by atoms with E-state index >= 15 is 0 Å². The average molecular weight is 691 g/mol. The Kier molecular flexibility index (Phi) is 12.8. The van der Waals surface area contributed by atoms with E-state index in [0.29, 0.717) is 10.6 Å². The summed E-state index contributed by atoms with van der Waals surface area (Å²) in [4.78, 5) is 32.6. The second kappa shape index (κ2) is 15.8. The van der Waals surface area contributed by atoms with E-state index in [4.69, 9.17) is 44.9 Å². The smallest absolute Gasteiger partial charge is 0.267 e. The van der Waals surface area contributed by atoms with Crippen molar-refractivity contribution < 1.29 is 27.9 Å². The van der Waals surface area contributed by atoms with Gasteiger partial charge in [-0.1, -0.05) is 41.7 Å². The number of hydrogen-bond donors (Lipinski definition) is 5. The normalized spacial score (nSPS) is 12.7. The summed E-state index contributed by atoms with van der Waals surface area (Å²) in [5, 5.41) is 25.4. The van der Waals surface area contributed by atoms with Crippen LogP contribution in [-0.4, -0.2) is 66.6 Å². The van der Waals surface area contributed by atoms with Gasteiger partial charge in [0.2, 0.25) is 0 Å². The molecular formula is C27H30Cl3N5O6S2. The maximum absolute atomic E-state index is 13.5. The van der Waals surface area contributed by atoms with Gasteiger partial charge in [0.05, 0.1) is 39.9 Å². The van der Waals surface area contributed by atoms with Crippen molar-refractivity contribution in [1.82, 2.24) is 9.88 Å². The maximum Gasteiger partial charge on any atom is 0.267 e. The summed E-state index contributed by atoms with van der Waals surface area (Å²) >= 11 is 19.8. The molecule has 2 atom stereocenters. The summed E-state index contributed by atoms with van der Waals surface area (Å²) in [6.45, 7) is 3.60. The maximum atomic E-state index is 13.5. The van der Waals surface area contributed by atoms with E-state index in [9.17, 15) is 23.1 Å². The first-order valence-electron chi connectivity index (χ1n) is 12.7. The Morgan fingerprint density at radius 1 is 1.16 bits per heavy atom. The monoisotopic (exact) mass is 689 g/mol. The fourth-order valence-corrected chi connectivity index (χ4v) is 5.90. The number of pyridine rings is 1. The number of nitrogens with one attached hydrogen (secondary N) is 3. The van der Waals surface area contributed by atoms with Gasteiger partial charge in [-0.3, -0.25) is 14.5 Å². The number of thiophene rings is 1. The molecule has 16 heteroatoms. The molecule has 3 aromatic rings. The summed E-state index contributed by atoms with van der Waals surface area (Å²) in [5.74, 6) is -1.36. The number of rotatable bonds is 14. The number of aliphatic hydroxyl groups is 1. The molecule has 2 aromatic heterocycles. The van der Waals surface area contributed by atoms with Crippen molar-refractivity contribution in [2.24, 2.45) is 5.92 Å². The van der Waals surface area contributed by atoms with Crippen molar-refractivity contribution in [3.8, 4) is 5.75 Å². The average Bonchev–Trinajstić information content (AvgIpc) is 3.28. The molecule has 2 heterocycles. The van der Waals surface area contributed by atoms with E-state index in [2.05, 4.69) is 15.6 Å². The number of nitrogens with zero attached hydrogens (tertiary/aromatic N) is 2. The molecule has 2 amide bonds. The third kappa shape index (κ3) is 10.1. The molecule has 0 aliphatic heterocycles. The van der Waals surface area contributed by atoms with Crippen LogP contribution >= 0.6 is 46.1 Å². The van der Waals surface area contributed by atoms with Crippen molar-refractivity contribution in [2.75, 3.05) is 30.2 Å². The van der Waals surface area contributed by atoms with Crippen LogP contribution in [0.4, 0.5) is 11.5 Å². The van der Waals surface area contributed by atoms with Crippen molar-refractivity contribution in [1.29, 1.82) is 5.41 Å². The van der Waals surface area contributed by atoms with Gasteiger partial charge in [-0.2, -0.15) is 0 Å². The lowest BCUT2D eigenvalue weighted by Crippen LogP contribution is -2.23. The predicted molar refractivity (Wildman–Crippen MR) is 171 cm³/mol. The van der Waals surface area contributed by atoms with Crippen LogP contribution in [0.25, 0.3) is 0 Å². The van der Waals surface area contributed by atoms with Crippen molar-refractivity contribution in [3.63, 3.8) is 0 Å². The van der Waals surface area contributed by atoms with E-state index in [1.165, 1.54) is 36.2 Å². The number of aromatic nitrogens is 1. The Morgan fingerprint density at radius 2 is 1.88 bits per heavy atom. The molecule has 43 heavy (non-hydrogen) atoms. The second-order valence-electron chi connectivity index (χ2n) is 9.84. The summed E-state index contributed by atoms with van der Waals surface area (Å²) in [6.07, 6.45) is 0.686. The lowest BCUT2D eigenvalue weighted by atomic mass is 10.0. The molecule has 0 radical (unpaired) electrons. The highest BCUT2D eigenvalue weighted by Crippen LogP contribution is 2.36. The SMILES string of the molecule is CC(=N)C(O)CC(C)COc1cc(Cl)cc(C(=O)Nc2ccc(Cl)cn2)c1NC(=O)c1scc(CN(C)C[SH](=O)=O)c1Cl. The van der Waals surface area contributed by atoms with Gasteiger partial charge >= 0.3 is 0 Å². The van der Waals surface area contributed by atoms with Gasteiger partial charge in [-0.25, -0.2) is 13.4 Å². The summed E-state index contributed by atoms with van der Waals surface area (Å²) in [7, 11) is -1.02. The fraction of sp³-hybridized carbons (Fsp3) is 0.333. The molecular weight excluding hydrogens is 661 g/mol. The van der Waals surface area contributed by atoms with Gasteiger partial charge in [-0.05, 0) is 55.5 Å². The molecule has 0 fully saturated rings. The Labute approximate surface area is 269 Å². The first-order chi connectivity index (χ1) is 20.2. The summed E-state index contributed by atoms with van der Waals surface area (Å²) in [6, 6.07) is 5.86. The molecule has 0 bridgehead atoms. The molecule has 232 valence electrons. The van der Waals surface area contributed by atoms with Crippen LogP contribution in [0.1, 0.15) is 45.9 Å². The third-order valence-electron chi connectivity index (χ3n) is 5.97. The number of halogens is 3. The van der Waals surface area contributed by atoms with Crippen molar-refractivity contribution in [2.45, 2.75) is 32.9 Å². The number of thiol groups is 1. The summed E-state index contributed by atoms with van der Waals surface area (Å²) < 4.78 is 28.1. The van der Waals surface area contributed by atoms with Crippen LogP contribution in [0.2, 0.25) is 15.1 Å². The lowest BCUT2D eigenvalue weighted by molar-refractivity contribution is 0.102. The molecule has 0 saturated heterocycles. The van der Waals surface area contributed by atoms with E-state index in [1.54, 1.807) is 18.5 Å². The Morgan fingerprint density at radius 3 is 2.51 bits per heavy atom. The lowest BCUT2D eigenvalue weighted by Gasteiger charge is -2.20. The predicted octanol–water partition coefficient (Wildman–Crippen LogP) is 5.41. The number of aliphatic hydroxyl groups excluding tert-OH is 1. The van der Waals surface area contributed by atoms with E-state index < -0.39 is 28.6 Å². The largest absolute Gasteiger partial charge is 0.491 e. The molecule has 0 aliphatic rings. The zero-order chi connectivity index (χ0) is 31.8. The van der Waals surface area contributed by atoms with Gasteiger partial charge in [0.15, 0.2) is 10.7 Å². The highest BCUT2D eigenvalue weighted by Gasteiger charge is 2.25. The Balaban J connectivity index is 1.94. The van der Waals surface area contributed by atoms with Gasteiger partial charge in [0.1, 0.15) is 16.4 Å². The highest BCUT2D eigenvalue weighted by molar-refractivity contribution is 7.72. The van der Waals surface area contributed by atoms with E-state index in [1.807, 2.05) is 6.92 Å². The first-order valence-corrected chi connectivity index (χ1v) is 16.1. The van der Waals surface area contributed by atoms with Crippen molar-refractivity contribution in [3.05, 3.63) is 66.9 Å². The quantitative estimate of drug-likeness (QED) is 0.111. The van der Waals surface area contributed by atoms with E-state index in [-0.39, 0.29) is 74.8 Å². The molecule has 0 saturated carbocycles. The van der Waals surface area contributed by atoms with Gasteiger partial charge < -0.3 is 25.9 Å². The number of benzene rings is 1. The molecule has 2 unspecified atom stereocenters. The number of hydrogen-bond acceptors (Lipinski definition) is 10. The number of ether oxygens (including phenoxy) is 1. The Bertz CT molecular complexity index is 1560. The highest BCUT2D eigenvalue weighted by atomic mass is 35.5. The van der Waals surface area contributed by atoms with Gasteiger partial charge in [0.25, 0.3) is 11.8 Å². The number of amides is 2. The number of carbonyl (C=O) groups is 2. The van der Waals surface area contributed by atoms with E-state index in [0.717, 1.165) is 11.3 Å². The topological polar surface area (TPSA) is 162 Å². The van der Waals surface area contributed by atoms with Crippen LogP contribution in [0.15, 0.2) is 35.8 Å². The van der Waals surface area contributed by atoms with Crippen LogP contribution in [0.3, 0.4) is 0 Å². The van der Waals surface area contributed by atoms with Gasteiger partial charge in [-0.15, -0.1) is 11.3 Å². The van der Waals surface area contributed by atoms with Crippen LogP contribution in [-0.2, 0) is 17.2 Å². The van der Waals surface area contributed by atoms with Crippen LogP contribution in [0, 0.1) is 11.3 Å². The molecule has 3 rings (SSSR count). The zero-order valence-electron chi connectivity index (χ0n) is 23.3. The minimum Gasteiger partial charge on any atom is -0.491 e. The summed E-state index contributed by atoms with van der Waals surface area (Å²) in [5.41, 5.74) is 0.674. The standard InChI is InChI=1S/C27H30Cl3N5O6S2/c1-14(6-20(36)15(2)31)11-41-21-8-18(29)7-19(26(37)33-22-5-4-17(28)9-32-22)24(21)34-27(38)25-23(30)16(12-42-25)10-35(3)13-43(39)40/h4-5,7-9,12,14,20,31,36,43H,6,10-11,13H2,1-3H3,(H,34,38)(H,32,33,37). The van der Waals surface area contributed by atoms with Gasteiger partial charge in [0, 0.05) is 29.5 Å². The molecule has 0 spiro atoms. The molecule has 0 aliphatic carbocycles. The Hall–Kier alpha value is -2.78. The first kappa shape index (κ1) is 34.7. The second-order valence-corrected chi connectivity index (χ2v) is 12.9. The van der Waals surface area contributed by atoms with Crippen LogP contribution < -0.4 is 15.4 Å². The van der Waals surface area contributed by atoms with Crippen molar-refractivity contribution >= 4 is 85.9 Å². The molecule has 4 N–H and O–H groups in total. The molecule has 11 nitrogen and oxygen atoms in total. The fourth-order valence-electron chi connectivity index (χ4n) is 3.84.